The van der Waals surface area contributed by atoms with Crippen molar-refractivity contribution in [1.29, 1.82) is 0 Å². The third-order valence-corrected chi connectivity index (χ3v) is 3.71. The van der Waals surface area contributed by atoms with Crippen molar-refractivity contribution >= 4 is 5.97 Å². The molecule has 1 N–H and O–H groups in total. The zero-order valence-corrected chi connectivity index (χ0v) is 10.8. The number of carbonyl (C=O) groups excluding carboxylic acids is 1. The SMILES string of the molecule is CCC(C)(C)C(C(=O)OO)C(C)(C)CC. The lowest BCUT2D eigenvalue weighted by atomic mass is 9.63. The van der Waals surface area contributed by atoms with E-state index >= 15 is 0 Å². The van der Waals surface area contributed by atoms with Gasteiger partial charge < -0.3 is 4.89 Å². The van der Waals surface area contributed by atoms with Gasteiger partial charge in [0.25, 0.3) is 0 Å². The Kier molecular flexibility index (Phi) is 4.78. The summed E-state index contributed by atoms with van der Waals surface area (Å²) in [6.07, 6.45) is 1.74. The molecule has 0 spiro atoms. The Bertz CT molecular complexity index is 203. The van der Waals surface area contributed by atoms with Gasteiger partial charge in [-0.3, -0.25) is 0 Å². The normalized spacial score (nSPS) is 13.1. The van der Waals surface area contributed by atoms with E-state index in [1.54, 1.807) is 0 Å². The van der Waals surface area contributed by atoms with Crippen LogP contribution in [0.3, 0.4) is 0 Å². The van der Waals surface area contributed by atoms with Gasteiger partial charge >= 0.3 is 5.97 Å². The van der Waals surface area contributed by atoms with Crippen molar-refractivity contribution in [2.75, 3.05) is 0 Å². The first-order valence-corrected chi connectivity index (χ1v) is 5.58. The maximum atomic E-state index is 11.7. The van der Waals surface area contributed by atoms with Crippen molar-refractivity contribution in [2.24, 2.45) is 16.7 Å². The van der Waals surface area contributed by atoms with Crippen LogP contribution in [-0.4, -0.2) is 11.2 Å². The van der Waals surface area contributed by atoms with Crippen LogP contribution in [0, 0.1) is 16.7 Å². The van der Waals surface area contributed by atoms with Gasteiger partial charge in [-0.05, 0) is 10.8 Å². The lowest BCUT2D eigenvalue weighted by Gasteiger charge is -2.41. The minimum absolute atomic E-state index is 0.167. The molecule has 0 atom stereocenters. The third-order valence-electron chi connectivity index (χ3n) is 3.71. The minimum atomic E-state index is -0.520. The van der Waals surface area contributed by atoms with Gasteiger partial charge in [0, 0.05) is 0 Å². The van der Waals surface area contributed by atoms with Crippen molar-refractivity contribution < 1.29 is 14.9 Å². The van der Waals surface area contributed by atoms with Crippen LogP contribution in [0.5, 0.6) is 0 Å². The Hall–Kier alpha value is -0.570. The van der Waals surface area contributed by atoms with E-state index in [0.29, 0.717) is 0 Å². The van der Waals surface area contributed by atoms with Crippen LogP contribution in [0.15, 0.2) is 0 Å². The first-order valence-electron chi connectivity index (χ1n) is 5.58. The van der Waals surface area contributed by atoms with Crippen molar-refractivity contribution in [1.82, 2.24) is 0 Å². The average Bonchev–Trinajstić information content (AvgIpc) is 2.17. The zero-order chi connectivity index (χ0) is 12.3. The fraction of sp³-hybridized carbons (Fsp3) is 0.917. The summed E-state index contributed by atoms with van der Waals surface area (Å²) in [5.41, 5.74) is -0.335. The third kappa shape index (κ3) is 3.20. The smallest absolute Gasteiger partial charge is 0.301 e. The molecule has 0 amide bonds. The van der Waals surface area contributed by atoms with Gasteiger partial charge in [0.05, 0.1) is 5.92 Å². The highest BCUT2D eigenvalue weighted by molar-refractivity contribution is 5.73. The molecule has 3 nitrogen and oxygen atoms in total. The quantitative estimate of drug-likeness (QED) is 0.565. The Labute approximate surface area is 92.8 Å². The molecular formula is C12H24O3. The summed E-state index contributed by atoms with van der Waals surface area (Å²) in [4.78, 5) is 15.6. The van der Waals surface area contributed by atoms with Gasteiger partial charge in [0.1, 0.15) is 0 Å². The highest BCUT2D eigenvalue weighted by atomic mass is 17.1. The topological polar surface area (TPSA) is 46.5 Å². The molecular weight excluding hydrogens is 192 g/mol. The van der Waals surface area contributed by atoms with Crippen LogP contribution in [0.1, 0.15) is 54.4 Å². The molecule has 0 aromatic rings. The summed E-state index contributed by atoms with van der Waals surface area (Å²) in [7, 11) is 0. The van der Waals surface area contributed by atoms with E-state index in [1.165, 1.54) is 0 Å². The van der Waals surface area contributed by atoms with E-state index in [9.17, 15) is 4.79 Å². The first kappa shape index (κ1) is 14.4. The lowest BCUT2D eigenvalue weighted by molar-refractivity contribution is -0.247. The molecule has 0 aliphatic carbocycles. The fourth-order valence-corrected chi connectivity index (χ4v) is 2.16. The molecule has 0 aliphatic rings. The number of hydrogen-bond donors (Lipinski definition) is 1. The van der Waals surface area contributed by atoms with Crippen molar-refractivity contribution in [2.45, 2.75) is 54.4 Å². The van der Waals surface area contributed by atoms with Crippen LogP contribution in [0.2, 0.25) is 0 Å². The molecule has 0 heterocycles. The molecule has 0 bridgehead atoms. The molecule has 0 aliphatic heterocycles. The van der Waals surface area contributed by atoms with Gasteiger partial charge in [-0.25, -0.2) is 4.79 Å². The second-order valence-corrected chi connectivity index (χ2v) is 5.53. The summed E-state index contributed by atoms with van der Waals surface area (Å²) in [6.45, 7) is 12.2. The predicted molar refractivity (Wildman–Crippen MR) is 60.4 cm³/mol. The molecule has 0 aromatic carbocycles. The Balaban J connectivity index is 5.15. The van der Waals surface area contributed by atoms with Gasteiger partial charge in [0.15, 0.2) is 0 Å². The average molecular weight is 216 g/mol. The van der Waals surface area contributed by atoms with Gasteiger partial charge in [-0.1, -0.05) is 54.4 Å². The molecule has 0 rings (SSSR count). The van der Waals surface area contributed by atoms with E-state index < -0.39 is 5.97 Å². The lowest BCUT2D eigenvalue weighted by Crippen LogP contribution is -2.42. The monoisotopic (exact) mass is 216 g/mol. The molecule has 0 aromatic heterocycles. The molecule has 0 saturated carbocycles. The summed E-state index contributed by atoms with van der Waals surface area (Å²) >= 11 is 0. The number of rotatable bonds is 5. The minimum Gasteiger partial charge on any atom is -0.301 e. The highest BCUT2D eigenvalue weighted by Crippen LogP contribution is 2.44. The summed E-state index contributed by atoms with van der Waals surface area (Å²) in [5, 5.41) is 8.57. The fourth-order valence-electron chi connectivity index (χ4n) is 2.16. The van der Waals surface area contributed by atoms with Crippen LogP contribution in [0.25, 0.3) is 0 Å². The number of carbonyl (C=O) groups is 1. The Morgan fingerprint density at radius 3 is 1.67 bits per heavy atom. The molecule has 0 radical (unpaired) electrons. The van der Waals surface area contributed by atoms with Crippen molar-refractivity contribution in [3.63, 3.8) is 0 Å². The molecule has 0 unspecified atom stereocenters. The van der Waals surface area contributed by atoms with E-state index in [4.69, 9.17) is 5.26 Å². The van der Waals surface area contributed by atoms with Gasteiger partial charge in [-0.2, -0.15) is 5.26 Å². The maximum absolute atomic E-state index is 11.7. The van der Waals surface area contributed by atoms with E-state index in [-0.39, 0.29) is 16.7 Å². The Morgan fingerprint density at radius 1 is 1.13 bits per heavy atom. The summed E-state index contributed by atoms with van der Waals surface area (Å²) < 4.78 is 0. The molecule has 90 valence electrons. The predicted octanol–water partition coefficient (Wildman–Crippen LogP) is 3.49. The standard InChI is InChI=1S/C12H24O3/c1-7-11(3,4)9(10(13)15-14)12(5,6)8-2/h9,14H,7-8H2,1-6H3. The molecule has 3 heteroatoms. The summed E-state index contributed by atoms with van der Waals surface area (Å²) in [6, 6.07) is 0. The largest absolute Gasteiger partial charge is 0.346 e. The second kappa shape index (κ2) is 4.97. The van der Waals surface area contributed by atoms with Crippen LogP contribution in [-0.2, 0) is 9.68 Å². The molecule has 0 fully saturated rings. The van der Waals surface area contributed by atoms with Crippen molar-refractivity contribution in [3.05, 3.63) is 0 Å². The van der Waals surface area contributed by atoms with Gasteiger partial charge in [-0.15, -0.1) is 0 Å². The second-order valence-electron chi connectivity index (χ2n) is 5.53. The van der Waals surface area contributed by atoms with E-state index in [2.05, 4.69) is 4.89 Å². The zero-order valence-electron chi connectivity index (χ0n) is 10.8. The van der Waals surface area contributed by atoms with E-state index in [1.807, 2.05) is 41.5 Å². The van der Waals surface area contributed by atoms with Crippen LogP contribution < -0.4 is 0 Å². The molecule has 0 saturated heterocycles. The van der Waals surface area contributed by atoms with Gasteiger partial charge in [0.2, 0.25) is 0 Å². The van der Waals surface area contributed by atoms with Crippen LogP contribution in [0.4, 0.5) is 0 Å². The first-order chi connectivity index (χ1) is 6.72. The molecule has 15 heavy (non-hydrogen) atoms. The number of hydrogen-bond acceptors (Lipinski definition) is 3. The van der Waals surface area contributed by atoms with E-state index in [0.717, 1.165) is 12.8 Å². The van der Waals surface area contributed by atoms with Crippen LogP contribution >= 0.6 is 0 Å². The summed E-state index contributed by atoms with van der Waals surface area (Å²) in [5.74, 6) is -0.807. The maximum Gasteiger partial charge on any atom is 0.346 e. The highest BCUT2D eigenvalue weighted by Gasteiger charge is 2.45. The van der Waals surface area contributed by atoms with Crippen molar-refractivity contribution in [3.8, 4) is 0 Å². The Morgan fingerprint density at radius 2 is 1.47 bits per heavy atom.